The molecule has 0 aromatic heterocycles. The number of hydrogen-bond acceptors (Lipinski definition) is 3. The Morgan fingerprint density at radius 3 is 2.89 bits per heavy atom. The molecule has 1 unspecified atom stereocenters. The van der Waals surface area contributed by atoms with E-state index in [1.807, 2.05) is 30.3 Å². The Morgan fingerprint density at radius 1 is 1.21 bits per heavy atom. The van der Waals surface area contributed by atoms with Crippen LogP contribution in [-0.4, -0.2) is 44.2 Å². The molecular formula is C16H24N2O. The highest BCUT2D eigenvalue weighted by atomic mass is 16.5. The first-order valence-corrected chi connectivity index (χ1v) is 7.47. The lowest BCUT2D eigenvalue weighted by Crippen LogP contribution is -2.30. The summed E-state index contributed by atoms with van der Waals surface area (Å²) in [5.74, 6) is 0.986. The van der Waals surface area contributed by atoms with Crippen molar-refractivity contribution in [3.05, 3.63) is 30.3 Å². The first-order valence-electron chi connectivity index (χ1n) is 7.47. The van der Waals surface area contributed by atoms with Crippen LogP contribution in [0.25, 0.3) is 0 Å². The van der Waals surface area contributed by atoms with Gasteiger partial charge in [-0.1, -0.05) is 18.2 Å². The molecule has 2 heterocycles. The van der Waals surface area contributed by atoms with Crippen molar-refractivity contribution >= 4 is 0 Å². The molecule has 3 heteroatoms. The number of benzene rings is 1. The Hall–Kier alpha value is -1.06. The molecule has 2 aliphatic rings. The topological polar surface area (TPSA) is 24.5 Å². The minimum atomic E-state index is 0.598. The van der Waals surface area contributed by atoms with E-state index < -0.39 is 0 Å². The van der Waals surface area contributed by atoms with Gasteiger partial charge in [0.15, 0.2) is 0 Å². The Balaban J connectivity index is 1.35. The van der Waals surface area contributed by atoms with Gasteiger partial charge in [-0.2, -0.15) is 0 Å². The van der Waals surface area contributed by atoms with Gasteiger partial charge in [0.2, 0.25) is 0 Å². The van der Waals surface area contributed by atoms with Crippen LogP contribution >= 0.6 is 0 Å². The fourth-order valence-electron chi connectivity index (χ4n) is 3.36. The second-order valence-electron chi connectivity index (χ2n) is 5.97. The zero-order valence-corrected chi connectivity index (χ0v) is 11.6. The van der Waals surface area contributed by atoms with Crippen LogP contribution in [0.4, 0.5) is 0 Å². The van der Waals surface area contributed by atoms with Crippen LogP contribution in [0.1, 0.15) is 19.3 Å². The molecule has 0 aliphatic carbocycles. The Bertz CT molecular complexity index is 387. The zero-order chi connectivity index (χ0) is 13.0. The third-order valence-corrected chi connectivity index (χ3v) is 4.48. The van der Waals surface area contributed by atoms with Gasteiger partial charge in [0, 0.05) is 19.6 Å². The average molecular weight is 260 g/mol. The molecule has 19 heavy (non-hydrogen) atoms. The van der Waals surface area contributed by atoms with Crippen molar-refractivity contribution in [2.24, 2.45) is 5.41 Å². The van der Waals surface area contributed by atoms with Gasteiger partial charge in [0.25, 0.3) is 0 Å². The van der Waals surface area contributed by atoms with Crippen LogP contribution in [0, 0.1) is 5.41 Å². The molecule has 1 aromatic rings. The van der Waals surface area contributed by atoms with E-state index in [1.165, 1.54) is 45.6 Å². The lowest BCUT2D eigenvalue weighted by atomic mass is 9.87. The summed E-state index contributed by atoms with van der Waals surface area (Å²) >= 11 is 0. The van der Waals surface area contributed by atoms with Crippen molar-refractivity contribution < 1.29 is 4.74 Å². The summed E-state index contributed by atoms with van der Waals surface area (Å²) in [5, 5.41) is 3.51. The summed E-state index contributed by atoms with van der Waals surface area (Å²) in [5.41, 5.74) is 0.598. The Labute approximate surface area is 115 Å². The van der Waals surface area contributed by atoms with Gasteiger partial charge in [0.1, 0.15) is 5.75 Å². The molecule has 2 aliphatic heterocycles. The average Bonchev–Trinajstić information content (AvgIpc) is 3.07. The summed E-state index contributed by atoms with van der Waals surface area (Å²) in [6.45, 7) is 6.99. The van der Waals surface area contributed by atoms with E-state index in [1.54, 1.807) is 0 Å². The van der Waals surface area contributed by atoms with E-state index in [-0.39, 0.29) is 0 Å². The number of nitrogens with zero attached hydrogens (tertiary/aromatic N) is 1. The van der Waals surface area contributed by atoms with Crippen molar-refractivity contribution in [2.75, 3.05) is 39.3 Å². The van der Waals surface area contributed by atoms with Gasteiger partial charge in [-0.3, -0.25) is 0 Å². The third kappa shape index (κ3) is 3.28. The van der Waals surface area contributed by atoms with E-state index in [4.69, 9.17) is 4.74 Å². The lowest BCUT2D eigenvalue weighted by Gasteiger charge is -2.22. The van der Waals surface area contributed by atoms with Gasteiger partial charge in [-0.15, -0.1) is 0 Å². The lowest BCUT2D eigenvalue weighted by molar-refractivity contribution is 0.240. The van der Waals surface area contributed by atoms with Crippen LogP contribution in [-0.2, 0) is 0 Å². The first kappa shape index (κ1) is 12.9. The number of ether oxygens (including phenoxy) is 1. The molecule has 104 valence electrons. The van der Waals surface area contributed by atoms with Crippen molar-refractivity contribution in [2.45, 2.75) is 19.3 Å². The fraction of sp³-hybridized carbons (Fsp3) is 0.625. The number of rotatable bonds is 5. The predicted octanol–water partition coefficient (Wildman–Crippen LogP) is 2.14. The maximum Gasteiger partial charge on any atom is 0.119 e. The number of hydrogen-bond donors (Lipinski definition) is 1. The molecule has 0 saturated carbocycles. The molecule has 0 bridgehead atoms. The number of likely N-dealkylation sites (tertiary alicyclic amines) is 1. The minimum Gasteiger partial charge on any atom is -0.494 e. The molecular weight excluding hydrogens is 236 g/mol. The number of para-hydroxylation sites is 1. The van der Waals surface area contributed by atoms with E-state index in [0.29, 0.717) is 5.41 Å². The van der Waals surface area contributed by atoms with Gasteiger partial charge in [-0.05, 0) is 49.9 Å². The molecule has 1 aromatic carbocycles. The maximum atomic E-state index is 5.74. The predicted molar refractivity (Wildman–Crippen MR) is 77.5 cm³/mol. The van der Waals surface area contributed by atoms with E-state index in [0.717, 1.165) is 18.8 Å². The van der Waals surface area contributed by atoms with Crippen LogP contribution in [0.2, 0.25) is 0 Å². The smallest absolute Gasteiger partial charge is 0.119 e. The molecule has 1 atom stereocenters. The number of nitrogens with one attached hydrogen (secondary N) is 1. The molecule has 2 fully saturated rings. The molecule has 3 rings (SSSR count). The summed E-state index contributed by atoms with van der Waals surface area (Å²) < 4.78 is 5.74. The quantitative estimate of drug-likeness (QED) is 0.821. The normalized spacial score (nSPS) is 27.2. The Kier molecular flexibility index (Phi) is 4.04. The third-order valence-electron chi connectivity index (χ3n) is 4.48. The molecule has 2 saturated heterocycles. The molecule has 0 amide bonds. The summed E-state index contributed by atoms with van der Waals surface area (Å²) in [6, 6.07) is 10.1. The van der Waals surface area contributed by atoms with Crippen molar-refractivity contribution in [3.63, 3.8) is 0 Å². The molecule has 1 N–H and O–H groups in total. The van der Waals surface area contributed by atoms with E-state index in [2.05, 4.69) is 10.2 Å². The first-order chi connectivity index (χ1) is 9.36. The monoisotopic (exact) mass is 260 g/mol. The van der Waals surface area contributed by atoms with E-state index >= 15 is 0 Å². The summed E-state index contributed by atoms with van der Waals surface area (Å²) in [7, 11) is 0. The van der Waals surface area contributed by atoms with Crippen molar-refractivity contribution in [1.29, 1.82) is 0 Å². The van der Waals surface area contributed by atoms with E-state index in [9.17, 15) is 0 Å². The van der Waals surface area contributed by atoms with Gasteiger partial charge >= 0.3 is 0 Å². The van der Waals surface area contributed by atoms with Gasteiger partial charge in [0.05, 0.1) is 6.61 Å². The minimum absolute atomic E-state index is 0.598. The van der Waals surface area contributed by atoms with Crippen LogP contribution in [0.5, 0.6) is 5.75 Å². The fourth-order valence-corrected chi connectivity index (χ4v) is 3.36. The largest absolute Gasteiger partial charge is 0.494 e. The van der Waals surface area contributed by atoms with Crippen molar-refractivity contribution in [1.82, 2.24) is 10.2 Å². The summed E-state index contributed by atoms with van der Waals surface area (Å²) in [6.07, 6.45) is 3.86. The molecule has 3 nitrogen and oxygen atoms in total. The van der Waals surface area contributed by atoms with Gasteiger partial charge < -0.3 is 15.0 Å². The second-order valence-corrected chi connectivity index (χ2v) is 5.97. The molecule has 1 spiro atoms. The van der Waals surface area contributed by atoms with Gasteiger partial charge in [-0.25, -0.2) is 0 Å². The maximum absolute atomic E-state index is 5.74. The molecule has 0 radical (unpaired) electrons. The van der Waals surface area contributed by atoms with Crippen LogP contribution < -0.4 is 10.1 Å². The second kappa shape index (κ2) is 5.93. The highest BCUT2D eigenvalue weighted by Crippen LogP contribution is 2.35. The van der Waals surface area contributed by atoms with Crippen molar-refractivity contribution in [3.8, 4) is 5.75 Å². The van der Waals surface area contributed by atoms with Crippen LogP contribution in [0.3, 0.4) is 0 Å². The highest BCUT2D eigenvalue weighted by molar-refractivity contribution is 5.20. The standard InChI is InChI=1S/C16H24N2O/c1-2-5-15(6-3-1)19-12-4-10-18-11-8-16(14-18)7-9-17-13-16/h1-3,5-6,17H,4,7-14H2. The SMILES string of the molecule is c1ccc(OCCCN2CCC3(CCNC3)C2)cc1. The summed E-state index contributed by atoms with van der Waals surface area (Å²) in [4.78, 5) is 2.61. The zero-order valence-electron chi connectivity index (χ0n) is 11.6. The highest BCUT2D eigenvalue weighted by Gasteiger charge is 2.39. The Morgan fingerprint density at radius 2 is 2.11 bits per heavy atom. The van der Waals surface area contributed by atoms with Crippen LogP contribution in [0.15, 0.2) is 30.3 Å².